The first kappa shape index (κ1) is 15.0. The zero-order valence-electron chi connectivity index (χ0n) is 12.1. The van der Waals surface area contributed by atoms with Crippen LogP contribution in [0, 0.1) is 17.8 Å². The summed E-state index contributed by atoms with van der Waals surface area (Å²) in [5.41, 5.74) is 0.454. The van der Waals surface area contributed by atoms with Crippen LogP contribution in [0.25, 0.3) is 0 Å². The summed E-state index contributed by atoms with van der Waals surface area (Å²) in [5.74, 6) is 5.57. The molecule has 1 aromatic carbocycles. The van der Waals surface area contributed by atoms with Gasteiger partial charge in [0, 0.05) is 12.0 Å². The van der Waals surface area contributed by atoms with Crippen LogP contribution in [0.2, 0.25) is 0 Å². The Kier molecular flexibility index (Phi) is 4.24. The van der Waals surface area contributed by atoms with E-state index in [0.29, 0.717) is 30.9 Å². The van der Waals surface area contributed by atoms with Crippen molar-refractivity contribution in [3.8, 4) is 23.5 Å². The number of aromatic amines is 1. The number of aromatic carboxylic acids is 1. The maximum Gasteiger partial charge on any atom is 0.362 e. The molecule has 0 unspecified atom stereocenters. The number of carboxylic acid groups (broad SMARTS) is 1. The van der Waals surface area contributed by atoms with Crippen LogP contribution in [0.3, 0.4) is 0 Å². The lowest BCUT2D eigenvalue weighted by atomic mass is 9.81. The molecule has 0 spiro atoms. The Balaban J connectivity index is 1.66. The molecule has 0 aliphatic heterocycles. The molecule has 3 rings (SSSR count). The van der Waals surface area contributed by atoms with Crippen LogP contribution in [0.5, 0.6) is 11.6 Å². The van der Waals surface area contributed by atoms with Gasteiger partial charge < -0.3 is 9.84 Å². The minimum atomic E-state index is -1.23. The van der Waals surface area contributed by atoms with Gasteiger partial charge in [0.25, 0.3) is 5.88 Å². The smallest absolute Gasteiger partial charge is 0.362 e. The van der Waals surface area contributed by atoms with Gasteiger partial charge in [-0.25, -0.2) is 14.3 Å². The van der Waals surface area contributed by atoms with Gasteiger partial charge in [0.15, 0.2) is 0 Å². The second-order valence-corrected chi connectivity index (χ2v) is 5.37. The van der Waals surface area contributed by atoms with E-state index in [9.17, 15) is 9.18 Å². The fraction of sp³-hybridized carbons (Fsp3) is 0.312. The van der Waals surface area contributed by atoms with E-state index in [0.717, 1.165) is 5.56 Å². The van der Waals surface area contributed by atoms with Gasteiger partial charge in [-0.2, -0.15) is 0 Å². The molecular weight excluding hydrogens is 301 g/mol. The topological polar surface area (TPSA) is 88.1 Å². The van der Waals surface area contributed by atoms with Gasteiger partial charge in [-0.1, -0.05) is 23.1 Å². The highest BCUT2D eigenvalue weighted by atomic mass is 19.1. The lowest BCUT2D eigenvalue weighted by molar-refractivity contribution is 0.0687. The van der Waals surface area contributed by atoms with Crippen molar-refractivity contribution in [1.82, 2.24) is 15.4 Å². The normalized spacial score (nSPS) is 19.3. The average Bonchev–Trinajstić information content (AvgIpc) is 2.94. The summed E-state index contributed by atoms with van der Waals surface area (Å²) in [5, 5.41) is 18.2. The third kappa shape index (κ3) is 3.66. The van der Waals surface area contributed by atoms with Gasteiger partial charge in [0.05, 0.1) is 0 Å². The molecule has 1 aliphatic carbocycles. The number of carboxylic acids is 1. The quantitative estimate of drug-likeness (QED) is 0.847. The molecule has 0 bridgehead atoms. The zero-order valence-corrected chi connectivity index (χ0v) is 12.1. The van der Waals surface area contributed by atoms with E-state index in [1.807, 2.05) is 6.07 Å². The van der Waals surface area contributed by atoms with Crippen LogP contribution < -0.4 is 4.74 Å². The van der Waals surface area contributed by atoms with Crippen molar-refractivity contribution in [2.45, 2.75) is 25.4 Å². The molecule has 7 heteroatoms. The van der Waals surface area contributed by atoms with Gasteiger partial charge in [-0.05, 0) is 37.0 Å². The minimum absolute atomic E-state index is 0.0361. The van der Waals surface area contributed by atoms with Crippen molar-refractivity contribution in [2.24, 2.45) is 5.92 Å². The van der Waals surface area contributed by atoms with E-state index in [1.54, 1.807) is 18.2 Å². The molecule has 1 aromatic heterocycles. The van der Waals surface area contributed by atoms with E-state index < -0.39 is 12.1 Å². The number of carbonyl (C=O) groups is 1. The highest BCUT2D eigenvalue weighted by Crippen LogP contribution is 2.32. The van der Waals surface area contributed by atoms with Gasteiger partial charge in [0.1, 0.15) is 11.9 Å². The average molecular weight is 315 g/mol. The molecule has 6 nitrogen and oxygen atoms in total. The number of aromatic nitrogens is 3. The maximum atomic E-state index is 12.7. The molecule has 0 radical (unpaired) electrons. The lowest BCUT2D eigenvalue weighted by Gasteiger charge is -2.27. The maximum absolute atomic E-state index is 12.7. The number of halogens is 1. The van der Waals surface area contributed by atoms with Gasteiger partial charge in [0.2, 0.25) is 5.69 Å². The van der Waals surface area contributed by atoms with Crippen LogP contribution in [-0.2, 0) is 0 Å². The first-order valence-corrected chi connectivity index (χ1v) is 7.17. The number of ether oxygens (including phenoxy) is 1. The lowest BCUT2D eigenvalue weighted by Crippen LogP contribution is -2.23. The summed E-state index contributed by atoms with van der Waals surface area (Å²) in [6, 6.07) is 6.95. The minimum Gasteiger partial charge on any atom is -0.476 e. The Morgan fingerprint density at radius 1 is 1.48 bits per heavy atom. The Bertz CT molecular complexity index is 772. The molecular formula is C16H14FN3O3. The summed E-state index contributed by atoms with van der Waals surface area (Å²) in [6.07, 6.45) is 1.22. The number of hydrogen-bond acceptors (Lipinski definition) is 4. The molecule has 0 atom stereocenters. The van der Waals surface area contributed by atoms with E-state index in [1.165, 1.54) is 0 Å². The molecule has 0 saturated heterocycles. The fourth-order valence-corrected chi connectivity index (χ4v) is 2.30. The van der Waals surface area contributed by atoms with Crippen molar-refractivity contribution < 1.29 is 19.0 Å². The summed E-state index contributed by atoms with van der Waals surface area (Å²) < 4.78 is 18.2. The Morgan fingerprint density at radius 3 is 3.04 bits per heavy atom. The standard InChI is InChI=1S/C16H14FN3O3/c17-12-7-11(8-12)5-1-3-10-4-2-6-13(9-10)23-15-14(16(21)22)18-20-19-15/h2,4,6,9,11-12H,5,7-8H2,(H,21,22)(H,18,19,20). The monoisotopic (exact) mass is 315 g/mol. The number of nitrogens with one attached hydrogen (secondary N) is 1. The summed E-state index contributed by atoms with van der Waals surface area (Å²) in [7, 11) is 0. The predicted octanol–water partition coefficient (Wildman–Crippen LogP) is 2.78. The summed E-state index contributed by atoms with van der Waals surface area (Å²) in [4.78, 5) is 11.0. The molecule has 118 valence electrons. The zero-order chi connectivity index (χ0) is 16.2. The van der Waals surface area contributed by atoms with Crippen LogP contribution in [0.1, 0.15) is 35.3 Å². The van der Waals surface area contributed by atoms with Crippen molar-refractivity contribution in [3.63, 3.8) is 0 Å². The van der Waals surface area contributed by atoms with E-state index >= 15 is 0 Å². The summed E-state index contributed by atoms with van der Waals surface area (Å²) in [6.45, 7) is 0. The highest BCUT2D eigenvalue weighted by Gasteiger charge is 2.27. The molecule has 0 amide bonds. The SMILES string of the molecule is O=C(O)c1nn[nH]c1Oc1cccc(C#CCC2CC(F)C2)c1. The van der Waals surface area contributed by atoms with Crippen LogP contribution in [0.4, 0.5) is 4.39 Å². The molecule has 1 aliphatic rings. The number of H-pyrrole nitrogens is 1. The van der Waals surface area contributed by atoms with Crippen LogP contribution in [-0.4, -0.2) is 32.7 Å². The van der Waals surface area contributed by atoms with Crippen LogP contribution in [0.15, 0.2) is 24.3 Å². The van der Waals surface area contributed by atoms with Crippen LogP contribution >= 0.6 is 0 Å². The number of rotatable bonds is 4. The Hall–Kier alpha value is -2.88. The van der Waals surface area contributed by atoms with Gasteiger partial charge in [-0.3, -0.25) is 0 Å². The first-order chi connectivity index (χ1) is 11.1. The number of benzene rings is 1. The number of nitrogens with zero attached hydrogens (tertiary/aromatic N) is 2. The first-order valence-electron chi connectivity index (χ1n) is 7.17. The molecule has 1 heterocycles. The van der Waals surface area contributed by atoms with E-state index in [-0.39, 0.29) is 11.6 Å². The predicted molar refractivity (Wildman–Crippen MR) is 79.0 cm³/mol. The largest absolute Gasteiger partial charge is 0.476 e. The second-order valence-electron chi connectivity index (χ2n) is 5.37. The van der Waals surface area contributed by atoms with Gasteiger partial charge in [-0.15, -0.1) is 5.10 Å². The Labute approximate surface area is 131 Å². The van der Waals surface area contributed by atoms with Crippen molar-refractivity contribution in [3.05, 3.63) is 35.5 Å². The van der Waals surface area contributed by atoms with Crippen molar-refractivity contribution >= 4 is 5.97 Å². The Morgan fingerprint density at radius 2 is 2.30 bits per heavy atom. The third-order valence-electron chi connectivity index (χ3n) is 3.57. The van der Waals surface area contributed by atoms with E-state index in [2.05, 4.69) is 27.3 Å². The summed E-state index contributed by atoms with van der Waals surface area (Å²) >= 11 is 0. The molecule has 1 fully saturated rings. The van der Waals surface area contributed by atoms with Crippen molar-refractivity contribution in [2.75, 3.05) is 0 Å². The van der Waals surface area contributed by atoms with E-state index in [4.69, 9.17) is 9.84 Å². The van der Waals surface area contributed by atoms with Gasteiger partial charge >= 0.3 is 5.97 Å². The fourth-order valence-electron chi connectivity index (χ4n) is 2.30. The highest BCUT2D eigenvalue weighted by molar-refractivity contribution is 5.87. The molecule has 23 heavy (non-hydrogen) atoms. The molecule has 2 N–H and O–H groups in total. The number of alkyl halides is 1. The second kappa shape index (κ2) is 6.48. The molecule has 2 aromatic rings. The van der Waals surface area contributed by atoms with Crippen molar-refractivity contribution in [1.29, 1.82) is 0 Å². The third-order valence-corrected chi connectivity index (χ3v) is 3.57. The molecule has 1 saturated carbocycles. The number of hydrogen-bond donors (Lipinski definition) is 2.